The zero-order chi connectivity index (χ0) is 21.2. The molecule has 9 N–H and O–H groups in total. The minimum Gasteiger partial charge on any atom is -0.480 e. The van der Waals surface area contributed by atoms with E-state index in [0.717, 1.165) is 13.0 Å². The molecule has 0 bridgehead atoms. The molecule has 3 unspecified atom stereocenters. The number of carboxylic acids is 1. The van der Waals surface area contributed by atoms with Gasteiger partial charge >= 0.3 is 5.97 Å². The van der Waals surface area contributed by atoms with Crippen molar-refractivity contribution in [2.24, 2.45) is 16.5 Å². The Kier molecular flexibility index (Phi) is 8.40. The number of guanidine groups is 1. The summed E-state index contributed by atoms with van der Waals surface area (Å²) in [5, 5.41) is 17.7. The molecular formula is C17H28N8O4. The van der Waals surface area contributed by atoms with Crippen LogP contribution in [0.4, 0.5) is 0 Å². The average molecular weight is 408 g/mol. The van der Waals surface area contributed by atoms with E-state index in [1.807, 2.05) is 0 Å². The van der Waals surface area contributed by atoms with Crippen LogP contribution in [0.25, 0.3) is 0 Å². The summed E-state index contributed by atoms with van der Waals surface area (Å²) in [6.45, 7) is 0.996. The van der Waals surface area contributed by atoms with Gasteiger partial charge in [0.15, 0.2) is 5.96 Å². The van der Waals surface area contributed by atoms with Crippen molar-refractivity contribution in [2.45, 2.75) is 50.2 Å². The van der Waals surface area contributed by atoms with Crippen molar-refractivity contribution in [1.29, 1.82) is 0 Å². The van der Waals surface area contributed by atoms with Crippen molar-refractivity contribution >= 4 is 23.7 Å². The fourth-order valence-electron chi connectivity index (χ4n) is 3.04. The van der Waals surface area contributed by atoms with Crippen LogP contribution in [0.15, 0.2) is 17.5 Å². The molecule has 1 aliphatic rings. The van der Waals surface area contributed by atoms with Crippen LogP contribution in [0, 0.1) is 0 Å². The van der Waals surface area contributed by atoms with Crippen LogP contribution in [0.3, 0.4) is 0 Å². The normalized spacial score (nSPS) is 17.9. The Hall–Kier alpha value is -3.15. The summed E-state index contributed by atoms with van der Waals surface area (Å²) in [4.78, 5) is 47.3. The molecule has 0 aliphatic carbocycles. The summed E-state index contributed by atoms with van der Waals surface area (Å²) in [5.41, 5.74) is 11.1. The topological polar surface area (TPSA) is 201 Å². The molecule has 2 heterocycles. The third-order valence-electron chi connectivity index (χ3n) is 4.55. The SMILES string of the molecule is NC(N)=NCCCC(NC(=O)C(Cc1cnc[nH]1)NC(=O)C1CCCN1)C(=O)O. The number of aromatic nitrogens is 2. The Bertz CT molecular complexity index is 711. The molecule has 1 aromatic rings. The Labute approximate surface area is 167 Å². The van der Waals surface area contributed by atoms with E-state index in [-0.39, 0.29) is 37.3 Å². The van der Waals surface area contributed by atoms with Crippen LogP contribution >= 0.6 is 0 Å². The number of carboxylic acid groups (broad SMARTS) is 1. The van der Waals surface area contributed by atoms with Crippen molar-refractivity contribution in [2.75, 3.05) is 13.1 Å². The lowest BCUT2D eigenvalue weighted by Crippen LogP contribution is -2.55. The molecule has 2 rings (SSSR count). The molecule has 0 saturated carbocycles. The highest BCUT2D eigenvalue weighted by molar-refractivity contribution is 5.92. The Morgan fingerprint density at radius 3 is 2.69 bits per heavy atom. The van der Waals surface area contributed by atoms with Crippen molar-refractivity contribution in [1.82, 2.24) is 25.9 Å². The third kappa shape index (κ3) is 7.41. The number of aromatic amines is 1. The average Bonchev–Trinajstić information content (AvgIpc) is 3.36. The fourth-order valence-corrected chi connectivity index (χ4v) is 3.04. The number of carbonyl (C=O) groups is 3. The molecule has 2 amide bonds. The van der Waals surface area contributed by atoms with Crippen LogP contribution in [-0.4, -0.2) is 70.0 Å². The molecule has 3 atom stereocenters. The van der Waals surface area contributed by atoms with Gasteiger partial charge < -0.3 is 37.5 Å². The lowest BCUT2D eigenvalue weighted by molar-refractivity contribution is -0.142. The van der Waals surface area contributed by atoms with Gasteiger partial charge in [-0.15, -0.1) is 0 Å². The van der Waals surface area contributed by atoms with Crippen molar-refractivity contribution in [3.8, 4) is 0 Å². The number of hydrogen-bond donors (Lipinski definition) is 7. The molecule has 1 aliphatic heterocycles. The molecule has 12 heteroatoms. The maximum absolute atomic E-state index is 12.8. The molecule has 160 valence electrons. The molecule has 0 spiro atoms. The smallest absolute Gasteiger partial charge is 0.326 e. The predicted octanol–water partition coefficient (Wildman–Crippen LogP) is -2.19. The minimum atomic E-state index is -1.17. The van der Waals surface area contributed by atoms with Crippen molar-refractivity contribution < 1.29 is 19.5 Å². The highest BCUT2D eigenvalue weighted by atomic mass is 16.4. The number of nitrogens with zero attached hydrogens (tertiary/aromatic N) is 2. The van der Waals surface area contributed by atoms with Gasteiger partial charge in [0.1, 0.15) is 12.1 Å². The molecule has 0 radical (unpaired) electrons. The Morgan fingerprint density at radius 2 is 2.10 bits per heavy atom. The van der Waals surface area contributed by atoms with Gasteiger partial charge in [-0.1, -0.05) is 0 Å². The van der Waals surface area contributed by atoms with Gasteiger partial charge in [-0.3, -0.25) is 14.6 Å². The first-order valence-corrected chi connectivity index (χ1v) is 9.46. The molecule has 0 aromatic carbocycles. The van der Waals surface area contributed by atoms with Crippen LogP contribution < -0.4 is 27.4 Å². The number of rotatable bonds is 11. The molecule has 29 heavy (non-hydrogen) atoms. The Balaban J connectivity index is 2.00. The first-order chi connectivity index (χ1) is 13.9. The summed E-state index contributed by atoms with van der Waals surface area (Å²) >= 11 is 0. The van der Waals surface area contributed by atoms with E-state index in [1.165, 1.54) is 6.33 Å². The van der Waals surface area contributed by atoms with Gasteiger partial charge in [0.25, 0.3) is 0 Å². The largest absolute Gasteiger partial charge is 0.480 e. The van der Waals surface area contributed by atoms with Gasteiger partial charge in [0, 0.05) is 24.9 Å². The second-order valence-electron chi connectivity index (χ2n) is 6.84. The number of H-pyrrole nitrogens is 1. The van der Waals surface area contributed by atoms with E-state index in [2.05, 4.69) is 30.9 Å². The van der Waals surface area contributed by atoms with E-state index in [9.17, 15) is 19.5 Å². The summed E-state index contributed by atoms with van der Waals surface area (Å²) in [5.74, 6) is -2.13. The van der Waals surface area contributed by atoms with E-state index in [0.29, 0.717) is 18.5 Å². The summed E-state index contributed by atoms with van der Waals surface area (Å²) in [6, 6.07) is -2.42. The fraction of sp³-hybridized carbons (Fsp3) is 0.588. The van der Waals surface area contributed by atoms with Gasteiger partial charge in [-0.2, -0.15) is 0 Å². The second kappa shape index (κ2) is 11.0. The summed E-state index contributed by atoms with van der Waals surface area (Å²) in [7, 11) is 0. The molecule has 1 fully saturated rings. The first kappa shape index (κ1) is 22.1. The number of aliphatic imine (C=N–C) groups is 1. The second-order valence-corrected chi connectivity index (χ2v) is 6.84. The van der Waals surface area contributed by atoms with Gasteiger partial charge in [0.05, 0.1) is 12.4 Å². The number of imidazole rings is 1. The number of amides is 2. The van der Waals surface area contributed by atoms with E-state index in [1.54, 1.807) is 6.20 Å². The van der Waals surface area contributed by atoms with Crippen LogP contribution in [0.5, 0.6) is 0 Å². The highest BCUT2D eigenvalue weighted by Crippen LogP contribution is 2.07. The van der Waals surface area contributed by atoms with Crippen LogP contribution in [0.2, 0.25) is 0 Å². The summed E-state index contributed by atoms with van der Waals surface area (Å²) < 4.78 is 0. The lowest BCUT2D eigenvalue weighted by atomic mass is 10.1. The quantitative estimate of drug-likeness (QED) is 0.121. The third-order valence-corrected chi connectivity index (χ3v) is 4.55. The number of aliphatic carboxylic acids is 1. The van der Waals surface area contributed by atoms with Crippen molar-refractivity contribution in [3.05, 3.63) is 18.2 Å². The first-order valence-electron chi connectivity index (χ1n) is 9.46. The molecule has 1 saturated heterocycles. The number of carbonyl (C=O) groups excluding carboxylic acids is 2. The van der Waals surface area contributed by atoms with Crippen LogP contribution in [-0.2, 0) is 20.8 Å². The van der Waals surface area contributed by atoms with E-state index < -0.39 is 24.0 Å². The molecule has 1 aromatic heterocycles. The lowest BCUT2D eigenvalue weighted by Gasteiger charge is -2.22. The van der Waals surface area contributed by atoms with Crippen LogP contribution in [0.1, 0.15) is 31.4 Å². The monoisotopic (exact) mass is 408 g/mol. The number of nitrogens with one attached hydrogen (secondary N) is 4. The van der Waals surface area contributed by atoms with Gasteiger partial charge in [0.2, 0.25) is 11.8 Å². The van der Waals surface area contributed by atoms with E-state index >= 15 is 0 Å². The molecular weight excluding hydrogens is 380 g/mol. The zero-order valence-electron chi connectivity index (χ0n) is 16.1. The molecule has 12 nitrogen and oxygen atoms in total. The standard InChI is InChI=1S/C17H28N8O4/c18-17(19)22-6-2-4-12(16(28)29)24-15(27)13(7-10-8-20-9-23-10)25-14(26)11-3-1-5-21-11/h8-9,11-13,21H,1-7H2,(H,20,23)(H,24,27)(H,25,26)(H,28,29)(H4,18,19,22). The minimum absolute atomic E-state index is 0.0798. The zero-order valence-corrected chi connectivity index (χ0v) is 16.1. The van der Waals surface area contributed by atoms with Crippen molar-refractivity contribution in [3.63, 3.8) is 0 Å². The van der Waals surface area contributed by atoms with Gasteiger partial charge in [-0.05, 0) is 32.2 Å². The highest BCUT2D eigenvalue weighted by Gasteiger charge is 2.30. The maximum Gasteiger partial charge on any atom is 0.326 e. The number of nitrogens with two attached hydrogens (primary N) is 2. The van der Waals surface area contributed by atoms with Gasteiger partial charge in [-0.25, -0.2) is 9.78 Å². The predicted molar refractivity (Wildman–Crippen MR) is 105 cm³/mol. The van der Waals surface area contributed by atoms with E-state index in [4.69, 9.17) is 11.5 Å². The Morgan fingerprint density at radius 1 is 1.31 bits per heavy atom. The maximum atomic E-state index is 12.8. The summed E-state index contributed by atoms with van der Waals surface area (Å²) in [6.07, 6.45) is 5.26. The number of hydrogen-bond acceptors (Lipinski definition) is 6.